The zero-order chi connectivity index (χ0) is 24.5. The van der Waals surface area contributed by atoms with Crippen molar-refractivity contribution in [3.8, 4) is 17.2 Å². The highest BCUT2D eigenvalue weighted by molar-refractivity contribution is 6.31. The van der Waals surface area contributed by atoms with Crippen molar-refractivity contribution in [1.29, 1.82) is 0 Å². The van der Waals surface area contributed by atoms with Gasteiger partial charge in [-0.1, -0.05) is 23.7 Å². The van der Waals surface area contributed by atoms with Gasteiger partial charge in [-0.2, -0.15) is 0 Å². The number of hydrogen-bond donors (Lipinski definition) is 0. The average molecular weight is 505 g/mol. The van der Waals surface area contributed by atoms with E-state index in [0.717, 1.165) is 90.1 Å². The van der Waals surface area contributed by atoms with Crippen LogP contribution in [0.4, 0.5) is 0 Å². The Labute approximate surface area is 215 Å². The highest BCUT2D eigenvalue weighted by Crippen LogP contribution is 2.38. The van der Waals surface area contributed by atoms with Crippen LogP contribution in [0.3, 0.4) is 0 Å². The van der Waals surface area contributed by atoms with Crippen molar-refractivity contribution in [3.05, 3.63) is 76.7 Å². The number of nitrogens with zero attached hydrogens (tertiary/aromatic N) is 4. The van der Waals surface area contributed by atoms with Crippen LogP contribution in [0.25, 0.3) is 11.2 Å². The molecule has 0 unspecified atom stereocenters. The minimum Gasteiger partial charge on any atom is -0.497 e. The second kappa shape index (κ2) is 9.99. The Kier molecular flexibility index (Phi) is 6.42. The molecule has 2 aliphatic heterocycles. The van der Waals surface area contributed by atoms with E-state index < -0.39 is 0 Å². The molecule has 0 amide bonds. The summed E-state index contributed by atoms with van der Waals surface area (Å²) in [5, 5.41) is 0.729. The van der Waals surface area contributed by atoms with Crippen LogP contribution < -0.4 is 14.2 Å². The van der Waals surface area contributed by atoms with Gasteiger partial charge in [-0.3, -0.25) is 4.90 Å². The summed E-state index contributed by atoms with van der Waals surface area (Å²) in [5.74, 6) is 3.49. The number of fused-ring (bicyclic) bond motifs is 2. The standard InChI is InChI=1S/C28H29ClN4O3/c1-34-22-7-4-19(5-8-22)6-9-27-31-24-3-2-12-30-28(24)33(27)21-10-13-32(14-11-21)17-20-15-25-26(16-23(20)29)36-18-35-25/h2-5,7-8,12,15-16,21H,6,9-11,13-14,17-18H2,1H3. The van der Waals surface area contributed by atoms with E-state index in [1.165, 1.54) is 5.56 Å². The molecule has 36 heavy (non-hydrogen) atoms. The predicted molar refractivity (Wildman–Crippen MR) is 139 cm³/mol. The number of methoxy groups -OCH3 is 1. The van der Waals surface area contributed by atoms with Crippen LogP contribution in [-0.2, 0) is 19.4 Å². The van der Waals surface area contributed by atoms with E-state index in [-0.39, 0.29) is 6.79 Å². The number of piperidine rings is 1. The number of likely N-dealkylation sites (tertiary alicyclic amines) is 1. The molecule has 2 aromatic heterocycles. The molecular formula is C28H29ClN4O3. The van der Waals surface area contributed by atoms with E-state index >= 15 is 0 Å². The summed E-state index contributed by atoms with van der Waals surface area (Å²) in [7, 11) is 1.69. The number of imidazole rings is 1. The lowest BCUT2D eigenvalue weighted by Gasteiger charge is -2.33. The summed E-state index contributed by atoms with van der Waals surface area (Å²) < 4.78 is 18.7. The summed E-state index contributed by atoms with van der Waals surface area (Å²) in [6.07, 6.45) is 5.74. The molecule has 0 atom stereocenters. The summed E-state index contributed by atoms with van der Waals surface area (Å²) >= 11 is 6.54. The van der Waals surface area contributed by atoms with Gasteiger partial charge in [0.1, 0.15) is 17.1 Å². The summed E-state index contributed by atoms with van der Waals surface area (Å²) in [4.78, 5) is 12.2. The highest BCUT2D eigenvalue weighted by atomic mass is 35.5. The molecule has 2 aliphatic rings. The molecule has 0 N–H and O–H groups in total. The third-order valence-electron chi connectivity index (χ3n) is 7.18. The first-order chi connectivity index (χ1) is 17.7. The van der Waals surface area contributed by atoms with Crippen molar-refractivity contribution in [2.24, 2.45) is 0 Å². The van der Waals surface area contributed by atoms with E-state index in [1.54, 1.807) is 7.11 Å². The largest absolute Gasteiger partial charge is 0.497 e. The molecule has 0 radical (unpaired) electrons. The van der Waals surface area contributed by atoms with Gasteiger partial charge in [-0.25, -0.2) is 9.97 Å². The number of aromatic nitrogens is 3. The molecule has 0 saturated carbocycles. The average Bonchev–Trinajstić information content (AvgIpc) is 3.52. The van der Waals surface area contributed by atoms with Crippen LogP contribution in [0.2, 0.25) is 5.02 Å². The fourth-order valence-corrected chi connectivity index (χ4v) is 5.46. The van der Waals surface area contributed by atoms with Crippen LogP contribution in [0.1, 0.15) is 35.8 Å². The third kappa shape index (κ3) is 4.61. The first-order valence-corrected chi connectivity index (χ1v) is 12.8. The van der Waals surface area contributed by atoms with Crippen molar-refractivity contribution in [3.63, 3.8) is 0 Å². The predicted octanol–water partition coefficient (Wildman–Crippen LogP) is 5.44. The molecule has 0 aliphatic carbocycles. The van der Waals surface area contributed by atoms with E-state index in [4.69, 9.17) is 35.8 Å². The molecule has 7 nitrogen and oxygen atoms in total. The number of halogens is 1. The topological polar surface area (TPSA) is 61.6 Å². The Morgan fingerprint density at radius 2 is 1.81 bits per heavy atom. The van der Waals surface area contributed by atoms with Crippen LogP contribution in [0.5, 0.6) is 17.2 Å². The van der Waals surface area contributed by atoms with Gasteiger partial charge in [0.25, 0.3) is 0 Å². The molecule has 1 saturated heterocycles. The maximum atomic E-state index is 6.54. The van der Waals surface area contributed by atoms with E-state index in [0.29, 0.717) is 6.04 Å². The first-order valence-electron chi connectivity index (χ1n) is 12.4. The van der Waals surface area contributed by atoms with Crippen molar-refractivity contribution >= 4 is 22.8 Å². The number of aryl methyl sites for hydroxylation is 2. The summed E-state index contributed by atoms with van der Waals surface area (Å²) in [6, 6.07) is 16.6. The zero-order valence-electron chi connectivity index (χ0n) is 20.3. The van der Waals surface area contributed by atoms with Gasteiger partial charge < -0.3 is 18.8 Å². The first kappa shape index (κ1) is 23.1. The quantitative estimate of drug-likeness (QED) is 0.334. The van der Waals surface area contributed by atoms with Gasteiger partial charge in [0, 0.05) is 49.4 Å². The van der Waals surface area contributed by atoms with Crippen molar-refractivity contribution < 1.29 is 14.2 Å². The molecular weight excluding hydrogens is 476 g/mol. The lowest BCUT2D eigenvalue weighted by molar-refractivity contribution is 0.173. The van der Waals surface area contributed by atoms with Crippen molar-refractivity contribution in [2.75, 3.05) is 27.0 Å². The third-order valence-corrected chi connectivity index (χ3v) is 7.53. The van der Waals surface area contributed by atoms with E-state index in [2.05, 4.69) is 27.7 Å². The Balaban J connectivity index is 1.17. The number of hydrogen-bond acceptors (Lipinski definition) is 6. The monoisotopic (exact) mass is 504 g/mol. The van der Waals surface area contributed by atoms with Gasteiger partial charge in [-0.15, -0.1) is 0 Å². The lowest BCUT2D eigenvalue weighted by atomic mass is 10.0. The van der Waals surface area contributed by atoms with Gasteiger partial charge in [0.2, 0.25) is 6.79 Å². The number of benzene rings is 2. The summed E-state index contributed by atoms with van der Waals surface area (Å²) in [5.41, 5.74) is 4.31. The van der Waals surface area contributed by atoms with Gasteiger partial charge in [-0.05, 0) is 60.7 Å². The molecule has 4 aromatic rings. The molecule has 186 valence electrons. The molecule has 0 spiro atoms. The Bertz CT molecular complexity index is 1360. The maximum Gasteiger partial charge on any atom is 0.231 e. The fraction of sp³-hybridized carbons (Fsp3) is 0.357. The zero-order valence-corrected chi connectivity index (χ0v) is 21.1. The number of rotatable bonds is 7. The van der Waals surface area contributed by atoms with Gasteiger partial charge >= 0.3 is 0 Å². The normalized spacial score (nSPS) is 16.1. The Morgan fingerprint density at radius 3 is 2.58 bits per heavy atom. The second-order valence-corrected chi connectivity index (χ2v) is 9.80. The molecule has 2 aromatic carbocycles. The SMILES string of the molecule is COc1ccc(CCc2nc3cccnc3n2C2CCN(Cc3cc4c(cc3Cl)OCO4)CC2)cc1. The van der Waals surface area contributed by atoms with Crippen molar-refractivity contribution in [2.45, 2.75) is 38.3 Å². The summed E-state index contributed by atoms with van der Waals surface area (Å²) in [6.45, 7) is 3.03. The van der Waals surface area contributed by atoms with E-state index in [1.807, 2.05) is 36.5 Å². The van der Waals surface area contributed by atoms with Crippen LogP contribution in [0.15, 0.2) is 54.7 Å². The number of pyridine rings is 1. The van der Waals surface area contributed by atoms with Gasteiger partial charge in [0.15, 0.2) is 17.1 Å². The van der Waals surface area contributed by atoms with Crippen LogP contribution in [0, 0.1) is 0 Å². The molecule has 1 fully saturated rings. The fourth-order valence-electron chi connectivity index (χ4n) is 5.24. The van der Waals surface area contributed by atoms with Crippen LogP contribution in [-0.4, -0.2) is 46.4 Å². The van der Waals surface area contributed by atoms with Gasteiger partial charge in [0.05, 0.1) is 7.11 Å². The van der Waals surface area contributed by atoms with Crippen molar-refractivity contribution in [1.82, 2.24) is 19.4 Å². The lowest BCUT2D eigenvalue weighted by Crippen LogP contribution is -2.34. The Morgan fingerprint density at radius 1 is 1.03 bits per heavy atom. The minimum absolute atomic E-state index is 0.258. The smallest absolute Gasteiger partial charge is 0.231 e. The van der Waals surface area contributed by atoms with E-state index in [9.17, 15) is 0 Å². The highest BCUT2D eigenvalue weighted by Gasteiger charge is 2.26. The molecule has 0 bridgehead atoms. The van der Waals surface area contributed by atoms with Crippen LogP contribution >= 0.6 is 11.6 Å². The maximum absolute atomic E-state index is 6.54. The molecule has 8 heteroatoms. The second-order valence-electron chi connectivity index (χ2n) is 9.40. The molecule has 6 rings (SSSR count). The number of ether oxygens (including phenoxy) is 3. The molecule has 4 heterocycles. The Hall–Kier alpha value is -3.29. The minimum atomic E-state index is 0.258.